The maximum atomic E-state index is 6.22. The summed E-state index contributed by atoms with van der Waals surface area (Å²) >= 11 is 6.22. The van der Waals surface area contributed by atoms with E-state index in [0.717, 1.165) is 61.0 Å². The molecule has 1 saturated heterocycles. The van der Waals surface area contributed by atoms with Crippen molar-refractivity contribution in [1.82, 2.24) is 10.3 Å². The minimum absolute atomic E-state index is 0.735. The average molecular weight is 282 g/mol. The summed E-state index contributed by atoms with van der Waals surface area (Å²) in [5.41, 5.74) is 0.958. The second kappa shape index (κ2) is 6.58. The van der Waals surface area contributed by atoms with Crippen LogP contribution >= 0.6 is 11.6 Å². The molecule has 0 spiro atoms. The highest BCUT2D eigenvalue weighted by molar-refractivity contribution is 6.31. The summed E-state index contributed by atoms with van der Waals surface area (Å²) < 4.78 is 0. The Labute approximate surface area is 121 Å². The van der Waals surface area contributed by atoms with Crippen LogP contribution in [-0.4, -0.2) is 24.6 Å². The number of rotatable bonds is 5. The molecule has 1 fully saturated rings. The summed E-state index contributed by atoms with van der Waals surface area (Å²) in [5, 5.41) is 4.12. The molecule has 1 aromatic rings. The molecule has 1 aliphatic heterocycles. The van der Waals surface area contributed by atoms with E-state index in [-0.39, 0.29) is 0 Å². The molecule has 19 heavy (non-hydrogen) atoms. The minimum atomic E-state index is 0.735. The van der Waals surface area contributed by atoms with Gasteiger partial charge >= 0.3 is 0 Å². The van der Waals surface area contributed by atoms with Crippen LogP contribution in [0.5, 0.6) is 0 Å². The highest BCUT2D eigenvalue weighted by Gasteiger charge is 2.27. The largest absolute Gasteiger partial charge is 0.356 e. The van der Waals surface area contributed by atoms with E-state index >= 15 is 0 Å². The number of halogens is 1. The zero-order valence-electron chi connectivity index (χ0n) is 12.1. The molecule has 106 valence electrons. The number of anilines is 1. The molecule has 0 bridgehead atoms. The molecule has 2 heterocycles. The van der Waals surface area contributed by atoms with Crippen molar-refractivity contribution in [2.24, 2.45) is 11.8 Å². The SMILES string of the molecule is CCCNCc1nc(N2CC(C)C(C)C2)ccc1Cl. The Balaban J connectivity index is 2.08. The van der Waals surface area contributed by atoms with Gasteiger partial charge in [-0.25, -0.2) is 4.98 Å². The molecule has 3 nitrogen and oxygen atoms in total. The Hall–Kier alpha value is -0.800. The van der Waals surface area contributed by atoms with Crippen molar-refractivity contribution in [3.8, 4) is 0 Å². The molecule has 2 unspecified atom stereocenters. The summed E-state index contributed by atoms with van der Waals surface area (Å²) in [7, 11) is 0. The molecule has 2 rings (SSSR count). The summed E-state index contributed by atoms with van der Waals surface area (Å²) in [5.74, 6) is 2.53. The van der Waals surface area contributed by atoms with Crippen LogP contribution in [0.3, 0.4) is 0 Å². The van der Waals surface area contributed by atoms with Gasteiger partial charge in [-0.3, -0.25) is 0 Å². The third-order valence-electron chi connectivity index (χ3n) is 3.94. The number of pyridine rings is 1. The lowest BCUT2D eigenvalue weighted by Gasteiger charge is -2.18. The lowest BCUT2D eigenvalue weighted by molar-refractivity contribution is 0.494. The fourth-order valence-electron chi connectivity index (χ4n) is 2.47. The quantitative estimate of drug-likeness (QED) is 0.839. The molecule has 4 heteroatoms. The van der Waals surface area contributed by atoms with Gasteiger partial charge in [0.25, 0.3) is 0 Å². The highest BCUT2D eigenvalue weighted by atomic mass is 35.5. The number of nitrogens with zero attached hydrogens (tertiary/aromatic N) is 2. The van der Waals surface area contributed by atoms with Gasteiger partial charge < -0.3 is 10.2 Å². The van der Waals surface area contributed by atoms with Crippen LogP contribution in [0.2, 0.25) is 5.02 Å². The molecular weight excluding hydrogens is 258 g/mol. The predicted molar refractivity (Wildman–Crippen MR) is 81.8 cm³/mol. The van der Waals surface area contributed by atoms with Crippen molar-refractivity contribution in [1.29, 1.82) is 0 Å². The van der Waals surface area contributed by atoms with E-state index in [1.807, 2.05) is 12.1 Å². The molecule has 1 aromatic heterocycles. The maximum absolute atomic E-state index is 6.22. The Morgan fingerprint density at radius 1 is 1.32 bits per heavy atom. The van der Waals surface area contributed by atoms with Crippen LogP contribution in [0, 0.1) is 11.8 Å². The first-order valence-corrected chi connectivity index (χ1v) is 7.60. The maximum Gasteiger partial charge on any atom is 0.128 e. The fourth-order valence-corrected chi connectivity index (χ4v) is 2.65. The molecule has 0 saturated carbocycles. The van der Waals surface area contributed by atoms with Crippen molar-refractivity contribution >= 4 is 17.4 Å². The highest BCUT2D eigenvalue weighted by Crippen LogP contribution is 2.28. The van der Waals surface area contributed by atoms with Gasteiger partial charge in [-0.15, -0.1) is 0 Å². The standard InChI is InChI=1S/C15H24ClN3/c1-4-7-17-8-14-13(16)5-6-15(18-14)19-9-11(2)12(3)10-19/h5-6,11-12,17H,4,7-10H2,1-3H3. The Bertz CT molecular complexity index is 412. The summed E-state index contributed by atoms with van der Waals surface area (Å²) in [6, 6.07) is 4.01. The van der Waals surface area contributed by atoms with E-state index in [1.165, 1.54) is 0 Å². The van der Waals surface area contributed by atoms with Gasteiger partial charge in [0.15, 0.2) is 0 Å². The van der Waals surface area contributed by atoms with Crippen LogP contribution in [0.15, 0.2) is 12.1 Å². The van der Waals surface area contributed by atoms with Crippen LogP contribution in [0.25, 0.3) is 0 Å². The second-order valence-corrected chi connectivity index (χ2v) is 6.04. The van der Waals surface area contributed by atoms with E-state index in [0.29, 0.717) is 0 Å². The third kappa shape index (κ3) is 3.61. The number of hydrogen-bond donors (Lipinski definition) is 1. The van der Waals surface area contributed by atoms with Gasteiger partial charge in [0, 0.05) is 19.6 Å². The van der Waals surface area contributed by atoms with Crippen molar-refractivity contribution in [2.45, 2.75) is 33.7 Å². The number of aromatic nitrogens is 1. The van der Waals surface area contributed by atoms with E-state index in [2.05, 4.69) is 31.0 Å². The molecule has 0 amide bonds. The summed E-state index contributed by atoms with van der Waals surface area (Å²) in [6.07, 6.45) is 1.12. The minimum Gasteiger partial charge on any atom is -0.356 e. The van der Waals surface area contributed by atoms with Gasteiger partial charge in [0.2, 0.25) is 0 Å². The fraction of sp³-hybridized carbons (Fsp3) is 0.667. The van der Waals surface area contributed by atoms with E-state index < -0.39 is 0 Å². The molecule has 0 radical (unpaired) electrons. The van der Waals surface area contributed by atoms with E-state index in [9.17, 15) is 0 Å². The van der Waals surface area contributed by atoms with Crippen LogP contribution in [0.1, 0.15) is 32.9 Å². The first-order valence-electron chi connectivity index (χ1n) is 7.23. The molecule has 1 aliphatic rings. The van der Waals surface area contributed by atoms with Crippen LogP contribution < -0.4 is 10.2 Å². The Morgan fingerprint density at radius 2 is 2.00 bits per heavy atom. The topological polar surface area (TPSA) is 28.2 Å². The Morgan fingerprint density at radius 3 is 2.63 bits per heavy atom. The molecule has 0 aromatic carbocycles. The van der Waals surface area contributed by atoms with Gasteiger partial charge in [-0.2, -0.15) is 0 Å². The van der Waals surface area contributed by atoms with Gasteiger partial charge in [-0.1, -0.05) is 32.4 Å². The first kappa shape index (κ1) is 14.6. The average Bonchev–Trinajstić information content (AvgIpc) is 2.72. The van der Waals surface area contributed by atoms with Crippen molar-refractivity contribution < 1.29 is 0 Å². The second-order valence-electron chi connectivity index (χ2n) is 5.63. The smallest absolute Gasteiger partial charge is 0.128 e. The van der Waals surface area contributed by atoms with Crippen LogP contribution in [0.4, 0.5) is 5.82 Å². The zero-order chi connectivity index (χ0) is 13.8. The monoisotopic (exact) mass is 281 g/mol. The molecule has 1 N–H and O–H groups in total. The van der Waals surface area contributed by atoms with Crippen molar-refractivity contribution in [3.63, 3.8) is 0 Å². The van der Waals surface area contributed by atoms with Gasteiger partial charge in [0.05, 0.1) is 10.7 Å². The lowest BCUT2D eigenvalue weighted by Crippen LogP contribution is -2.22. The number of hydrogen-bond acceptors (Lipinski definition) is 3. The van der Waals surface area contributed by atoms with Crippen molar-refractivity contribution in [3.05, 3.63) is 22.8 Å². The molecule has 2 atom stereocenters. The third-order valence-corrected chi connectivity index (χ3v) is 4.28. The van der Waals surface area contributed by atoms with Gasteiger partial charge in [0.1, 0.15) is 5.82 Å². The Kier molecular flexibility index (Phi) is 5.06. The van der Waals surface area contributed by atoms with E-state index in [4.69, 9.17) is 16.6 Å². The summed E-state index contributed by atoms with van der Waals surface area (Å²) in [6.45, 7) is 10.7. The van der Waals surface area contributed by atoms with E-state index in [1.54, 1.807) is 0 Å². The normalized spacial score (nSPS) is 23.1. The van der Waals surface area contributed by atoms with Crippen molar-refractivity contribution in [2.75, 3.05) is 24.5 Å². The van der Waals surface area contributed by atoms with Gasteiger partial charge in [-0.05, 0) is 36.9 Å². The molecular formula is C15H24ClN3. The first-order chi connectivity index (χ1) is 9.11. The molecule has 0 aliphatic carbocycles. The summed E-state index contributed by atoms with van der Waals surface area (Å²) in [4.78, 5) is 7.10. The van der Waals surface area contributed by atoms with Crippen LogP contribution in [-0.2, 0) is 6.54 Å². The lowest BCUT2D eigenvalue weighted by atomic mass is 10.0. The number of nitrogens with one attached hydrogen (secondary N) is 1. The zero-order valence-corrected chi connectivity index (χ0v) is 12.9. The predicted octanol–water partition coefficient (Wildman–Crippen LogP) is 3.33.